The van der Waals surface area contributed by atoms with E-state index in [1.165, 1.54) is 12.1 Å². The molecule has 1 nitrogen and oxygen atoms in total. The third-order valence-electron chi connectivity index (χ3n) is 1.81. The number of hydrogen-bond acceptors (Lipinski definition) is 1. The third kappa shape index (κ3) is 2.90. The van der Waals surface area contributed by atoms with Crippen molar-refractivity contribution in [2.45, 2.75) is 39.7 Å². The van der Waals surface area contributed by atoms with E-state index in [1.807, 2.05) is 0 Å². The van der Waals surface area contributed by atoms with Gasteiger partial charge in [-0.15, -0.1) is 0 Å². The van der Waals surface area contributed by atoms with E-state index in [0.29, 0.717) is 6.04 Å². The van der Waals surface area contributed by atoms with Crippen LogP contribution in [0.25, 0.3) is 0 Å². The summed E-state index contributed by atoms with van der Waals surface area (Å²) in [6.07, 6.45) is 2.31. The highest BCUT2D eigenvalue weighted by Crippen LogP contribution is 2.09. The van der Waals surface area contributed by atoms with E-state index >= 15 is 0 Å². The fraction of sp³-hybridized carbons (Fsp3) is 0.778. The SMILES string of the molecule is C=C(CCC)N(C)C(C)C. The summed E-state index contributed by atoms with van der Waals surface area (Å²) in [5.41, 5.74) is 1.25. The van der Waals surface area contributed by atoms with Crippen molar-refractivity contribution in [3.8, 4) is 0 Å². The lowest BCUT2D eigenvalue weighted by Crippen LogP contribution is -2.24. The van der Waals surface area contributed by atoms with Crippen molar-refractivity contribution >= 4 is 0 Å². The minimum Gasteiger partial charge on any atom is -0.376 e. The van der Waals surface area contributed by atoms with Crippen molar-refractivity contribution in [1.29, 1.82) is 0 Å². The number of hydrogen-bond donors (Lipinski definition) is 0. The zero-order valence-electron chi connectivity index (χ0n) is 7.65. The van der Waals surface area contributed by atoms with E-state index in [0.717, 1.165) is 6.42 Å². The zero-order valence-corrected chi connectivity index (χ0v) is 7.65. The van der Waals surface area contributed by atoms with Crippen LogP contribution in [-0.4, -0.2) is 18.0 Å². The predicted octanol–water partition coefficient (Wildman–Crippen LogP) is 2.64. The molecule has 0 aliphatic rings. The van der Waals surface area contributed by atoms with Crippen molar-refractivity contribution in [3.63, 3.8) is 0 Å². The van der Waals surface area contributed by atoms with Crippen LogP contribution in [0.2, 0.25) is 0 Å². The lowest BCUT2D eigenvalue weighted by Gasteiger charge is -2.25. The molecular weight excluding hydrogens is 122 g/mol. The summed E-state index contributed by atoms with van der Waals surface area (Å²) < 4.78 is 0. The molecule has 0 saturated carbocycles. The van der Waals surface area contributed by atoms with Crippen LogP contribution < -0.4 is 0 Å². The summed E-state index contributed by atoms with van der Waals surface area (Å²) in [6.45, 7) is 10.5. The first-order valence-electron chi connectivity index (χ1n) is 4.00. The second-order valence-electron chi connectivity index (χ2n) is 3.02. The van der Waals surface area contributed by atoms with Gasteiger partial charge in [-0.3, -0.25) is 0 Å². The number of nitrogens with zero attached hydrogens (tertiary/aromatic N) is 1. The van der Waals surface area contributed by atoms with Crippen LogP contribution in [0.4, 0.5) is 0 Å². The molecule has 0 amide bonds. The van der Waals surface area contributed by atoms with Gasteiger partial charge in [0.1, 0.15) is 0 Å². The van der Waals surface area contributed by atoms with Crippen molar-refractivity contribution in [2.24, 2.45) is 0 Å². The minimum atomic E-state index is 0.582. The molecule has 0 spiro atoms. The van der Waals surface area contributed by atoms with E-state index in [9.17, 15) is 0 Å². The minimum absolute atomic E-state index is 0.582. The topological polar surface area (TPSA) is 3.24 Å². The monoisotopic (exact) mass is 141 g/mol. The summed E-state index contributed by atoms with van der Waals surface area (Å²) in [5.74, 6) is 0. The Bertz CT molecular complexity index is 105. The van der Waals surface area contributed by atoms with Crippen molar-refractivity contribution in [3.05, 3.63) is 12.3 Å². The van der Waals surface area contributed by atoms with Gasteiger partial charge in [-0.05, 0) is 20.3 Å². The number of allylic oxidation sites excluding steroid dienone is 1. The average molecular weight is 141 g/mol. The van der Waals surface area contributed by atoms with Crippen LogP contribution >= 0.6 is 0 Å². The summed E-state index contributed by atoms with van der Waals surface area (Å²) >= 11 is 0. The van der Waals surface area contributed by atoms with Crippen molar-refractivity contribution in [2.75, 3.05) is 7.05 Å². The van der Waals surface area contributed by atoms with Gasteiger partial charge in [-0.25, -0.2) is 0 Å². The van der Waals surface area contributed by atoms with E-state index < -0.39 is 0 Å². The normalized spacial score (nSPS) is 10.1. The average Bonchev–Trinajstić information content (AvgIpc) is 1.87. The third-order valence-corrected chi connectivity index (χ3v) is 1.81. The first kappa shape index (κ1) is 9.54. The maximum atomic E-state index is 3.99. The molecule has 60 valence electrons. The molecule has 0 atom stereocenters. The molecule has 1 heteroatoms. The number of rotatable bonds is 4. The van der Waals surface area contributed by atoms with Crippen molar-refractivity contribution < 1.29 is 0 Å². The second-order valence-corrected chi connectivity index (χ2v) is 3.02. The van der Waals surface area contributed by atoms with Crippen LogP contribution in [0.1, 0.15) is 33.6 Å². The lowest BCUT2D eigenvalue weighted by molar-refractivity contribution is 0.333. The zero-order chi connectivity index (χ0) is 8.15. The Morgan fingerprint density at radius 1 is 1.50 bits per heavy atom. The van der Waals surface area contributed by atoms with Gasteiger partial charge in [0.05, 0.1) is 0 Å². The van der Waals surface area contributed by atoms with E-state index in [4.69, 9.17) is 0 Å². The molecule has 0 bridgehead atoms. The Morgan fingerprint density at radius 2 is 2.00 bits per heavy atom. The smallest absolute Gasteiger partial charge is 0.0226 e. The summed E-state index contributed by atoms with van der Waals surface area (Å²) in [5, 5.41) is 0. The first-order chi connectivity index (χ1) is 4.59. The van der Waals surface area contributed by atoms with E-state index in [1.54, 1.807) is 0 Å². The molecule has 0 aliphatic heterocycles. The van der Waals surface area contributed by atoms with Crippen molar-refractivity contribution in [1.82, 2.24) is 4.90 Å². The molecule has 0 radical (unpaired) electrons. The summed E-state index contributed by atoms with van der Waals surface area (Å²) in [6, 6.07) is 0.582. The largest absolute Gasteiger partial charge is 0.376 e. The molecule has 0 rings (SSSR count). The van der Waals surface area contributed by atoms with Crippen LogP contribution in [0.3, 0.4) is 0 Å². The maximum Gasteiger partial charge on any atom is 0.0226 e. The fourth-order valence-corrected chi connectivity index (χ4v) is 0.830. The van der Waals surface area contributed by atoms with Crippen LogP contribution in [0.5, 0.6) is 0 Å². The highest BCUT2D eigenvalue weighted by molar-refractivity contribution is 4.92. The lowest BCUT2D eigenvalue weighted by atomic mass is 10.2. The van der Waals surface area contributed by atoms with Gasteiger partial charge in [0.2, 0.25) is 0 Å². The highest BCUT2D eigenvalue weighted by Gasteiger charge is 2.03. The molecule has 0 N–H and O–H groups in total. The molecule has 10 heavy (non-hydrogen) atoms. The Labute approximate surface area is 64.7 Å². The van der Waals surface area contributed by atoms with Gasteiger partial charge in [0.15, 0.2) is 0 Å². The van der Waals surface area contributed by atoms with Crippen LogP contribution in [0, 0.1) is 0 Å². The van der Waals surface area contributed by atoms with Crippen LogP contribution in [-0.2, 0) is 0 Å². The Morgan fingerprint density at radius 3 is 2.30 bits per heavy atom. The Kier molecular flexibility index (Phi) is 4.17. The molecule has 0 saturated heterocycles. The van der Waals surface area contributed by atoms with E-state index in [-0.39, 0.29) is 0 Å². The van der Waals surface area contributed by atoms with Gasteiger partial charge in [-0.2, -0.15) is 0 Å². The standard InChI is InChI=1S/C9H19N/c1-6-7-9(4)10(5)8(2)3/h8H,4,6-7H2,1-3,5H3. The summed E-state index contributed by atoms with van der Waals surface area (Å²) in [4.78, 5) is 2.23. The summed E-state index contributed by atoms with van der Waals surface area (Å²) in [7, 11) is 2.10. The highest BCUT2D eigenvalue weighted by atomic mass is 15.1. The maximum absolute atomic E-state index is 3.99. The quantitative estimate of drug-likeness (QED) is 0.581. The van der Waals surface area contributed by atoms with Gasteiger partial charge in [0, 0.05) is 18.8 Å². The Balaban J connectivity index is 3.71. The first-order valence-corrected chi connectivity index (χ1v) is 4.00. The molecule has 0 aliphatic carbocycles. The molecule has 0 unspecified atom stereocenters. The van der Waals surface area contributed by atoms with Gasteiger partial charge in [-0.1, -0.05) is 19.9 Å². The Hall–Kier alpha value is -0.460. The predicted molar refractivity (Wildman–Crippen MR) is 46.9 cm³/mol. The molecule has 0 aromatic carbocycles. The second kappa shape index (κ2) is 4.37. The van der Waals surface area contributed by atoms with Gasteiger partial charge < -0.3 is 4.90 Å². The molecular formula is C9H19N. The molecule has 0 aromatic rings. The van der Waals surface area contributed by atoms with E-state index in [2.05, 4.69) is 39.3 Å². The van der Waals surface area contributed by atoms with Gasteiger partial charge in [0.25, 0.3) is 0 Å². The van der Waals surface area contributed by atoms with Gasteiger partial charge >= 0.3 is 0 Å². The van der Waals surface area contributed by atoms with Crippen LogP contribution in [0.15, 0.2) is 12.3 Å². The molecule has 0 heterocycles. The molecule has 0 aromatic heterocycles. The fourth-order valence-electron chi connectivity index (χ4n) is 0.830. The molecule has 0 fully saturated rings.